The van der Waals surface area contributed by atoms with E-state index in [1.165, 1.54) is 0 Å². The van der Waals surface area contributed by atoms with Crippen LogP contribution in [-0.2, 0) is 0 Å². The van der Waals surface area contributed by atoms with Crippen LogP contribution in [-0.4, -0.2) is 26.4 Å². The van der Waals surface area contributed by atoms with Crippen molar-refractivity contribution >= 4 is 17.5 Å². The third-order valence-electron chi connectivity index (χ3n) is 2.81. The van der Waals surface area contributed by atoms with Crippen molar-refractivity contribution in [2.24, 2.45) is 0 Å². The van der Waals surface area contributed by atoms with E-state index in [0.29, 0.717) is 12.1 Å². The van der Waals surface area contributed by atoms with Crippen LogP contribution >= 0.6 is 0 Å². The van der Waals surface area contributed by atoms with Gasteiger partial charge < -0.3 is 21.3 Å². The number of aromatic nitrogens is 2. The predicted molar refractivity (Wildman–Crippen MR) is 76.0 cm³/mol. The topological polar surface area (TPSA) is 174 Å². The largest absolute Gasteiger partial charge is 0.573 e. The number of anilines is 2. The van der Waals surface area contributed by atoms with Gasteiger partial charge in [0.15, 0.2) is 0 Å². The zero-order valence-corrected chi connectivity index (χ0v) is 11.9. The monoisotopic (exact) mass is 356 g/mol. The highest BCUT2D eigenvalue weighted by atomic mass is 19.4. The van der Waals surface area contributed by atoms with Crippen LogP contribution in [0.3, 0.4) is 0 Å². The van der Waals surface area contributed by atoms with E-state index in [1.807, 2.05) is 0 Å². The van der Waals surface area contributed by atoms with Gasteiger partial charge in [0, 0.05) is 0 Å². The van der Waals surface area contributed by atoms with E-state index in [9.17, 15) is 28.4 Å². The SMILES string of the molecule is N#Cc1c(N)nc(N)nc1-c1cc(OC(F)(F)F)cc([N+](=O)[O-])c1O. The van der Waals surface area contributed by atoms with Gasteiger partial charge in [-0.15, -0.1) is 13.2 Å². The highest BCUT2D eigenvalue weighted by molar-refractivity contribution is 5.81. The number of rotatable bonds is 3. The lowest BCUT2D eigenvalue weighted by molar-refractivity contribution is -0.386. The molecule has 0 saturated heterocycles. The lowest BCUT2D eigenvalue weighted by Crippen LogP contribution is -2.17. The number of nitro groups is 1. The maximum atomic E-state index is 12.4. The Kier molecular flexibility index (Phi) is 4.21. The van der Waals surface area contributed by atoms with E-state index in [2.05, 4.69) is 14.7 Å². The van der Waals surface area contributed by atoms with Gasteiger partial charge in [-0.1, -0.05) is 0 Å². The number of nitriles is 1. The quantitative estimate of drug-likeness (QED) is 0.546. The van der Waals surface area contributed by atoms with E-state index in [1.54, 1.807) is 6.07 Å². The third-order valence-corrected chi connectivity index (χ3v) is 2.81. The van der Waals surface area contributed by atoms with Gasteiger partial charge in [-0.2, -0.15) is 10.2 Å². The second-order valence-corrected chi connectivity index (χ2v) is 4.45. The molecule has 0 aliphatic heterocycles. The number of ether oxygens (including phenoxy) is 1. The van der Waals surface area contributed by atoms with Crippen LogP contribution in [0.2, 0.25) is 0 Å². The van der Waals surface area contributed by atoms with Crippen LogP contribution in [0.1, 0.15) is 5.56 Å². The molecule has 0 spiro atoms. The molecular formula is C12H7F3N6O4. The second kappa shape index (κ2) is 6.00. The molecule has 13 heteroatoms. The number of benzene rings is 1. The number of alkyl halides is 3. The average Bonchev–Trinajstić information content (AvgIpc) is 2.46. The van der Waals surface area contributed by atoms with Crippen LogP contribution in [0, 0.1) is 21.4 Å². The maximum Gasteiger partial charge on any atom is 0.573 e. The number of hydrogen-bond acceptors (Lipinski definition) is 9. The van der Waals surface area contributed by atoms with Crippen molar-refractivity contribution in [1.82, 2.24) is 9.97 Å². The molecular weight excluding hydrogens is 349 g/mol. The molecule has 0 atom stereocenters. The fourth-order valence-electron chi connectivity index (χ4n) is 1.91. The van der Waals surface area contributed by atoms with Crippen molar-refractivity contribution in [3.8, 4) is 28.8 Å². The molecule has 0 unspecified atom stereocenters. The molecule has 25 heavy (non-hydrogen) atoms. The fourth-order valence-corrected chi connectivity index (χ4v) is 1.91. The molecule has 0 aliphatic rings. The molecule has 1 aromatic carbocycles. The molecule has 1 aromatic heterocycles. The minimum Gasteiger partial charge on any atom is -0.502 e. The predicted octanol–water partition coefficient (Wildman–Crippen LogP) is 1.69. The molecule has 130 valence electrons. The van der Waals surface area contributed by atoms with Crippen LogP contribution in [0.25, 0.3) is 11.3 Å². The Hall–Kier alpha value is -3.82. The van der Waals surface area contributed by atoms with Gasteiger partial charge in [0.2, 0.25) is 11.7 Å². The second-order valence-electron chi connectivity index (χ2n) is 4.45. The highest BCUT2D eigenvalue weighted by Gasteiger charge is 2.33. The van der Waals surface area contributed by atoms with Crippen molar-refractivity contribution in [1.29, 1.82) is 5.26 Å². The molecule has 0 bridgehead atoms. The van der Waals surface area contributed by atoms with E-state index in [0.717, 1.165) is 0 Å². The van der Waals surface area contributed by atoms with Crippen molar-refractivity contribution < 1.29 is 27.9 Å². The Bertz CT molecular complexity index is 909. The number of nitrogens with zero attached hydrogens (tertiary/aromatic N) is 4. The smallest absolute Gasteiger partial charge is 0.502 e. The van der Waals surface area contributed by atoms with E-state index >= 15 is 0 Å². The van der Waals surface area contributed by atoms with E-state index in [-0.39, 0.29) is 0 Å². The van der Waals surface area contributed by atoms with Crippen LogP contribution < -0.4 is 16.2 Å². The van der Waals surface area contributed by atoms with Crippen LogP contribution in [0.5, 0.6) is 11.5 Å². The van der Waals surface area contributed by atoms with E-state index in [4.69, 9.17) is 16.7 Å². The molecule has 2 rings (SSSR count). The summed E-state index contributed by atoms with van der Waals surface area (Å²) in [6, 6.07) is 2.56. The minimum absolute atomic E-state index is 0.367. The van der Waals surface area contributed by atoms with Gasteiger partial charge in [-0.25, -0.2) is 4.98 Å². The first-order valence-corrected chi connectivity index (χ1v) is 6.14. The number of phenols is 1. The normalized spacial score (nSPS) is 11.0. The number of nitro benzene ring substituents is 1. The number of hydrogen-bond donors (Lipinski definition) is 3. The summed E-state index contributed by atoms with van der Waals surface area (Å²) in [5.74, 6) is -2.94. The summed E-state index contributed by atoms with van der Waals surface area (Å²) < 4.78 is 40.9. The van der Waals surface area contributed by atoms with Gasteiger partial charge in [-0.3, -0.25) is 10.1 Å². The van der Waals surface area contributed by atoms with Gasteiger partial charge in [0.1, 0.15) is 23.2 Å². The van der Waals surface area contributed by atoms with Crippen molar-refractivity contribution in [2.75, 3.05) is 11.5 Å². The Morgan fingerprint density at radius 2 is 1.96 bits per heavy atom. The third kappa shape index (κ3) is 3.58. The first-order valence-electron chi connectivity index (χ1n) is 6.14. The summed E-state index contributed by atoms with van der Waals surface area (Å²) in [6.45, 7) is 0. The molecule has 5 N–H and O–H groups in total. The number of nitrogens with two attached hydrogens (primary N) is 2. The summed E-state index contributed by atoms with van der Waals surface area (Å²) in [7, 11) is 0. The van der Waals surface area contributed by atoms with Crippen molar-refractivity contribution in [3.05, 3.63) is 27.8 Å². The molecule has 2 aromatic rings. The lowest BCUT2D eigenvalue weighted by atomic mass is 10.0. The molecule has 10 nitrogen and oxygen atoms in total. The average molecular weight is 356 g/mol. The summed E-state index contributed by atoms with van der Waals surface area (Å²) >= 11 is 0. The van der Waals surface area contributed by atoms with Gasteiger partial charge in [0.05, 0.1) is 22.2 Å². The van der Waals surface area contributed by atoms with Gasteiger partial charge >= 0.3 is 12.0 Å². The summed E-state index contributed by atoms with van der Waals surface area (Å²) in [5.41, 5.74) is 8.21. The summed E-state index contributed by atoms with van der Waals surface area (Å²) in [4.78, 5) is 16.9. The first kappa shape index (κ1) is 17.5. The fraction of sp³-hybridized carbons (Fsp3) is 0.0833. The summed E-state index contributed by atoms with van der Waals surface area (Å²) in [6.07, 6.45) is -5.15. The molecule has 0 radical (unpaired) electrons. The molecule has 0 aliphatic carbocycles. The number of nitrogen functional groups attached to an aromatic ring is 2. The number of phenolic OH excluding ortho intramolecular Hbond substituents is 1. The Labute approximate surface area is 136 Å². The number of aromatic hydroxyl groups is 1. The van der Waals surface area contributed by atoms with Crippen molar-refractivity contribution in [2.45, 2.75) is 6.36 Å². The maximum absolute atomic E-state index is 12.4. The Morgan fingerprint density at radius 3 is 2.48 bits per heavy atom. The lowest BCUT2D eigenvalue weighted by Gasteiger charge is -2.13. The zero-order valence-electron chi connectivity index (χ0n) is 11.9. The van der Waals surface area contributed by atoms with Crippen molar-refractivity contribution in [3.63, 3.8) is 0 Å². The standard InChI is InChI=1S/C12H7F3N6O4/c13-12(14,15)25-4-1-5(9(22)7(2-4)21(23)24)8-6(3-16)10(17)20-11(18)19-8/h1-2,22H,(H4,17,18,19,20). The van der Waals surface area contributed by atoms with E-state index < -0.39 is 57.1 Å². The molecule has 0 fully saturated rings. The summed E-state index contributed by atoms with van der Waals surface area (Å²) in [5, 5.41) is 30.1. The molecule has 0 amide bonds. The molecule has 1 heterocycles. The number of halogens is 3. The first-order chi connectivity index (χ1) is 11.5. The van der Waals surface area contributed by atoms with Crippen LogP contribution in [0.4, 0.5) is 30.6 Å². The Morgan fingerprint density at radius 1 is 1.32 bits per heavy atom. The van der Waals surface area contributed by atoms with Gasteiger partial charge in [0.25, 0.3) is 0 Å². The van der Waals surface area contributed by atoms with Crippen LogP contribution in [0.15, 0.2) is 12.1 Å². The molecule has 0 saturated carbocycles. The Balaban J connectivity index is 2.82. The van der Waals surface area contributed by atoms with Gasteiger partial charge in [-0.05, 0) is 6.07 Å². The highest BCUT2D eigenvalue weighted by Crippen LogP contribution is 2.42. The zero-order chi connectivity index (χ0) is 18.9. The minimum atomic E-state index is -5.15.